The fourth-order valence-electron chi connectivity index (χ4n) is 2.18. The molecule has 0 unspecified atom stereocenters. The molecule has 0 spiro atoms. The quantitative estimate of drug-likeness (QED) is 0.861. The monoisotopic (exact) mass is 307 g/mol. The first-order chi connectivity index (χ1) is 9.85. The standard InChI is InChI=1S/C14H17N3OS2/c18-9-11-3-5-12(6-4-11)10-19-14-16-15-13(20-14)17-7-1-2-8-17/h3-6,18H,1-2,7-10H2. The molecule has 1 aliphatic rings. The largest absolute Gasteiger partial charge is 0.392 e. The van der Waals surface area contributed by atoms with Crippen molar-refractivity contribution in [3.63, 3.8) is 0 Å². The summed E-state index contributed by atoms with van der Waals surface area (Å²) in [4.78, 5) is 2.32. The Hall–Kier alpha value is -1.11. The molecule has 1 fully saturated rings. The zero-order valence-electron chi connectivity index (χ0n) is 11.2. The molecule has 0 saturated carbocycles. The first-order valence-electron chi connectivity index (χ1n) is 6.75. The average molecular weight is 307 g/mol. The van der Waals surface area contributed by atoms with Gasteiger partial charge in [0.15, 0.2) is 4.34 Å². The second-order valence-electron chi connectivity index (χ2n) is 4.81. The van der Waals surface area contributed by atoms with Crippen LogP contribution in [0.5, 0.6) is 0 Å². The SMILES string of the molecule is OCc1ccc(CSc2nnc(N3CCCC3)s2)cc1. The molecular formula is C14H17N3OS2. The van der Waals surface area contributed by atoms with Crippen molar-refractivity contribution in [3.05, 3.63) is 35.4 Å². The van der Waals surface area contributed by atoms with Gasteiger partial charge >= 0.3 is 0 Å². The first kappa shape index (κ1) is 13.9. The molecule has 20 heavy (non-hydrogen) atoms. The van der Waals surface area contributed by atoms with Crippen molar-refractivity contribution < 1.29 is 5.11 Å². The van der Waals surface area contributed by atoms with Crippen LogP contribution >= 0.6 is 23.1 Å². The molecule has 6 heteroatoms. The summed E-state index contributed by atoms with van der Waals surface area (Å²) in [6, 6.07) is 8.04. The maximum Gasteiger partial charge on any atom is 0.209 e. The number of benzene rings is 1. The molecule has 0 amide bonds. The molecule has 106 valence electrons. The minimum absolute atomic E-state index is 0.100. The van der Waals surface area contributed by atoms with E-state index in [9.17, 15) is 0 Å². The van der Waals surface area contributed by atoms with Crippen molar-refractivity contribution in [2.45, 2.75) is 29.5 Å². The molecule has 1 N–H and O–H groups in total. The number of nitrogens with zero attached hydrogens (tertiary/aromatic N) is 3. The molecule has 0 radical (unpaired) electrons. The second kappa shape index (κ2) is 6.56. The minimum Gasteiger partial charge on any atom is -0.392 e. The van der Waals surface area contributed by atoms with Crippen LogP contribution < -0.4 is 4.90 Å². The predicted molar refractivity (Wildman–Crippen MR) is 83.3 cm³/mol. The fourth-order valence-corrected chi connectivity index (χ4v) is 4.03. The Morgan fingerprint density at radius 1 is 1.10 bits per heavy atom. The Balaban J connectivity index is 1.57. The van der Waals surface area contributed by atoms with Crippen LogP contribution in [0.3, 0.4) is 0 Å². The number of aliphatic hydroxyl groups is 1. The summed E-state index contributed by atoms with van der Waals surface area (Å²) in [6.07, 6.45) is 2.53. The molecule has 2 aromatic rings. The van der Waals surface area contributed by atoms with E-state index < -0.39 is 0 Å². The highest BCUT2D eigenvalue weighted by atomic mass is 32.2. The molecule has 1 saturated heterocycles. The zero-order valence-corrected chi connectivity index (χ0v) is 12.8. The van der Waals surface area contributed by atoms with Gasteiger partial charge in [-0.3, -0.25) is 0 Å². The lowest BCUT2D eigenvalue weighted by Gasteiger charge is -2.10. The van der Waals surface area contributed by atoms with Gasteiger partial charge in [-0.05, 0) is 24.0 Å². The zero-order chi connectivity index (χ0) is 13.8. The summed E-state index contributed by atoms with van der Waals surface area (Å²) in [5.74, 6) is 0.889. The molecule has 1 aromatic heterocycles. The summed E-state index contributed by atoms with van der Waals surface area (Å²) in [5.41, 5.74) is 2.19. The molecule has 0 aliphatic carbocycles. The molecule has 1 aliphatic heterocycles. The number of thioether (sulfide) groups is 1. The second-order valence-corrected chi connectivity index (χ2v) is 6.99. The highest BCUT2D eigenvalue weighted by Gasteiger charge is 2.16. The van der Waals surface area contributed by atoms with Gasteiger partial charge in [0.2, 0.25) is 5.13 Å². The maximum atomic E-state index is 9.02. The molecule has 0 bridgehead atoms. The van der Waals surface area contributed by atoms with Crippen molar-refractivity contribution >= 4 is 28.2 Å². The third-order valence-electron chi connectivity index (χ3n) is 3.34. The number of hydrogen-bond donors (Lipinski definition) is 1. The van der Waals surface area contributed by atoms with Crippen LogP contribution in [0.25, 0.3) is 0 Å². The number of aromatic nitrogens is 2. The molecule has 1 aromatic carbocycles. The average Bonchev–Trinajstić information content (AvgIpc) is 3.16. The van der Waals surface area contributed by atoms with Crippen molar-refractivity contribution in [1.82, 2.24) is 10.2 Å². The Morgan fingerprint density at radius 3 is 2.50 bits per heavy atom. The number of rotatable bonds is 5. The van der Waals surface area contributed by atoms with Gasteiger partial charge in [0.25, 0.3) is 0 Å². The molecular weight excluding hydrogens is 290 g/mol. The van der Waals surface area contributed by atoms with Gasteiger partial charge in [-0.1, -0.05) is 47.4 Å². The van der Waals surface area contributed by atoms with Crippen molar-refractivity contribution in [2.24, 2.45) is 0 Å². The van der Waals surface area contributed by atoms with Gasteiger partial charge in [-0.15, -0.1) is 10.2 Å². The third-order valence-corrected chi connectivity index (χ3v) is 5.53. The Kier molecular flexibility index (Phi) is 4.54. The van der Waals surface area contributed by atoms with Gasteiger partial charge in [-0.2, -0.15) is 0 Å². The van der Waals surface area contributed by atoms with Gasteiger partial charge in [-0.25, -0.2) is 0 Å². The smallest absolute Gasteiger partial charge is 0.209 e. The summed E-state index contributed by atoms with van der Waals surface area (Å²) < 4.78 is 1.03. The van der Waals surface area contributed by atoms with Gasteiger partial charge < -0.3 is 10.0 Å². The first-order valence-corrected chi connectivity index (χ1v) is 8.55. The van der Waals surface area contributed by atoms with E-state index in [0.29, 0.717) is 0 Å². The van der Waals surface area contributed by atoms with Crippen LogP contribution in [0, 0.1) is 0 Å². The lowest BCUT2D eigenvalue weighted by Crippen LogP contribution is -2.17. The number of aliphatic hydroxyl groups excluding tert-OH is 1. The summed E-state index contributed by atoms with van der Waals surface area (Å²) in [7, 11) is 0. The van der Waals surface area contributed by atoms with E-state index in [4.69, 9.17) is 5.11 Å². The van der Waals surface area contributed by atoms with Crippen LogP contribution in [-0.2, 0) is 12.4 Å². The van der Waals surface area contributed by atoms with Crippen LogP contribution in [-0.4, -0.2) is 28.4 Å². The number of hydrogen-bond acceptors (Lipinski definition) is 6. The van der Waals surface area contributed by atoms with Gasteiger partial charge in [0.1, 0.15) is 0 Å². The van der Waals surface area contributed by atoms with Crippen molar-refractivity contribution in [1.29, 1.82) is 0 Å². The Bertz CT molecular complexity index is 550. The Morgan fingerprint density at radius 2 is 1.80 bits per heavy atom. The van der Waals surface area contributed by atoms with Crippen molar-refractivity contribution in [2.75, 3.05) is 18.0 Å². The third kappa shape index (κ3) is 3.31. The molecule has 2 heterocycles. The van der Waals surface area contributed by atoms with Gasteiger partial charge in [0, 0.05) is 18.8 Å². The van der Waals surface area contributed by atoms with Crippen LogP contribution in [0.1, 0.15) is 24.0 Å². The summed E-state index contributed by atoms with van der Waals surface area (Å²) in [5, 5.41) is 18.6. The van der Waals surface area contributed by atoms with Crippen molar-refractivity contribution in [3.8, 4) is 0 Å². The highest BCUT2D eigenvalue weighted by molar-refractivity contribution is 8.00. The van der Waals surface area contributed by atoms with E-state index in [-0.39, 0.29) is 6.61 Å². The van der Waals surface area contributed by atoms with Gasteiger partial charge in [0.05, 0.1) is 6.61 Å². The van der Waals surface area contributed by atoms with Crippen LogP contribution in [0.15, 0.2) is 28.6 Å². The Labute approximate surface area is 126 Å². The highest BCUT2D eigenvalue weighted by Crippen LogP contribution is 2.31. The fraction of sp³-hybridized carbons (Fsp3) is 0.429. The summed E-state index contributed by atoms with van der Waals surface area (Å²) >= 11 is 3.41. The predicted octanol–water partition coefficient (Wildman–Crippen LogP) is 2.92. The van der Waals surface area contributed by atoms with E-state index in [1.165, 1.54) is 18.4 Å². The van der Waals surface area contributed by atoms with E-state index in [1.807, 2.05) is 12.1 Å². The van der Waals surface area contributed by atoms with Crippen LogP contribution in [0.4, 0.5) is 5.13 Å². The number of anilines is 1. The normalized spacial score (nSPS) is 14.9. The van der Waals surface area contributed by atoms with E-state index in [1.54, 1.807) is 23.1 Å². The molecule has 3 rings (SSSR count). The van der Waals surface area contributed by atoms with E-state index in [2.05, 4.69) is 27.2 Å². The summed E-state index contributed by atoms with van der Waals surface area (Å²) in [6.45, 7) is 2.33. The maximum absolute atomic E-state index is 9.02. The van der Waals surface area contributed by atoms with E-state index in [0.717, 1.165) is 33.9 Å². The molecule has 0 atom stereocenters. The van der Waals surface area contributed by atoms with Crippen LogP contribution in [0.2, 0.25) is 0 Å². The topological polar surface area (TPSA) is 49.3 Å². The lowest BCUT2D eigenvalue weighted by molar-refractivity contribution is 0.282. The molecule has 4 nitrogen and oxygen atoms in total. The minimum atomic E-state index is 0.100. The van der Waals surface area contributed by atoms with E-state index >= 15 is 0 Å². The lowest BCUT2D eigenvalue weighted by atomic mass is 10.2.